The van der Waals surface area contributed by atoms with Gasteiger partial charge in [-0.1, -0.05) is 36.8 Å². The maximum atomic E-state index is 10.3. The monoisotopic (exact) mass is 329 g/mol. The number of aliphatic hydroxyl groups is 2. The first-order valence-corrected chi connectivity index (χ1v) is 8.91. The molecule has 2 unspecified atom stereocenters. The van der Waals surface area contributed by atoms with Crippen molar-refractivity contribution in [2.24, 2.45) is 0 Å². The van der Waals surface area contributed by atoms with Crippen molar-refractivity contribution >= 4 is 10.8 Å². The Hall–Kier alpha value is -1.62. The lowest BCUT2D eigenvalue weighted by molar-refractivity contribution is 0.0332. The van der Waals surface area contributed by atoms with Gasteiger partial charge in [0, 0.05) is 19.2 Å². The Bertz CT molecular complexity index is 644. The average molecular weight is 329 g/mol. The Balaban J connectivity index is 1.53. The number of ether oxygens (including phenoxy) is 1. The molecule has 0 bridgehead atoms. The molecule has 4 heteroatoms. The molecule has 0 radical (unpaired) electrons. The van der Waals surface area contributed by atoms with Gasteiger partial charge < -0.3 is 14.9 Å². The Morgan fingerprint density at radius 3 is 2.79 bits per heavy atom. The second-order valence-corrected chi connectivity index (χ2v) is 6.63. The van der Waals surface area contributed by atoms with Crippen molar-refractivity contribution in [3.05, 3.63) is 42.5 Å². The Labute approximate surface area is 143 Å². The van der Waals surface area contributed by atoms with Crippen molar-refractivity contribution in [1.82, 2.24) is 4.90 Å². The number of fused-ring (bicyclic) bond motifs is 1. The molecule has 3 rings (SSSR count). The molecule has 0 amide bonds. The number of likely N-dealkylation sites (tertiary alicyclic amines) is 1. The van der Waals surface area contributed by atoms with Gasteiger partial charge in [0.15, 0.2) is 0 Å². The number of aliphatic hydroxyl groups excluding tert-OH is 2. The van der Waals surface area contributed by atoms with Crippen LogP contribution in [0.25, 0.3) is 10.8 Å². The van der Waals surface area contributed by atoms with E-state index in [0.29, 0.717) is 19.2 Å². The first-order chi connectivity index (χ1) is 11.8. The lowest BCUT2D eigenvalue weighted by Crippen LogP contribution is -2.45. The van der Waals surface area contributed by atoms with Gasteiger partial charge >= 0.3 is 0 Å². The average Bonchev–Trinajstić information content (AvgIpc) is 2.62. The zero-order valence-corrected chi connectivity index (χ0v) is 14.1. The van der Waals surface area contributed by atoms with Gasteiger partial charge in [0.1, 0.15) is 18.5 Å². The van der Waals surface area contributed by atoms with Crippen LogP contribution in [0, 0.1) is 0 Å². The third-order valence-electron chi connectivity index (χ3n) is 4.82. The highest BCUT2D eigenvalue weighted by Gasteiger charge is 2.24. The normalized spacial score (nSPS) is 20.2. The molecule has 2 N–H and O–H groups in total. The van der Waals surface area contributed by atoms with Crippen molar-refractivity contribution in [2.75, 3.05) is 26.3 Å². The molecule has 0 spiro atoms. The molecule has 2 atom stereocenters. The number of β-amino-alcohol motifs (C(OH)–C–C–N with tert-alkyl or cyclic N) is 1. The van der Waals surface area contributed by atoms with Gasteiger partial charge in [-0.05, 0) is 48.7 Å². The predicted molar refractivity (Wildman–Crippen MR) is 96.4 cm³/mol. The van der Waals surface area contributed by atoms with Gasteiger partial charge in [-0.2, -0.15) is 0 Å². The standard InChI is InChI=1S/C20H27NO3/c22-12-10-18-7-3-4-11-21(18)14-19(23)15-24-20-9-8-16-5-1-2-6-17(16)13-20/h1-2,5-6,8-9,13,18-19,22-23H,3-4,7,10-12,14-15H2. The summed E-state index contributed by atoms with van der Waals surface area (Å²) in [6, 6.07) is 14.6. The molecule has 130 valence electrons. The summed E-state index contributed by atoms with van der Waals surface area (Å²) >= 11 is 0. The molecule has 1 aliphatic rings. The highest BCUT2D eigenvalue weighted by Crippen LogP contribution is 2.22. The van der Waals surface area contributed by atoms with Crippen LogP contribution >= 0.6 is 0 Å². The van der Waals surface area contributed by atoms with Crippen molar-refractivity contribution in [1.29, 1.82) is 0 Å². The Morgan fingerprint density at radius 1 is 1.12 bits per heavy atom. The number of nitrogens with zero attached hydrogens (tertiary/aromatic N) is 1. The first kappa shape index (κ1) is 17.2. The smallest absolute Gasteiger partial charge is 0.120 e. The second-order valence-electron chi connectivity index (χ2n) is 6.63. The summed E-state index contributed by atoms with van der Waals surface area (Å²) in [7, 11) is 0. The molecule has 0 aromatic heterocycles. The van der Waals surface area contributed by atoms with Crippen LogP contribution < -0.4 is 4.74 Å². The van der Waals surface area contributed by atoms with E-state index in [2.05, 4.69) is 17.0 Å². The Morgan fingerprint density at radius 2 is 1.96 bits per heavy atom. The van der Waals surface area contributed by atoms with E-state index < -0.39 is 6.10 Å². The van der Waals surface area contributed by atoms with Gasteiger partial charge in [-0.15, -0.1) is 0 Å². The van der Waals surface area contributed by atoms with E-state index in [1.54, 1.807) is 0 Å². The minimum atomic E-state index is -0.518. The summed E-state index contributed by atoms with van der Waals surface area (Å²) in [6.45, 7) is 2.11. The molecule has 2 aromatic carbocycles. The minimum Gasteiger partial charge on any atom is -0.491 e. The second kappa shape index (κ2) is 8.47. The summed E-state index contributed by atoms with van der Waals surface area (Å²) in [5, 5.41) is 21.9. The molecular formula is C20H27NO3. The van der Waals surface area contributed by atoms with E-state index in [1.807, 2.05) is 30.3 Å². The van der Waals surface area contributed by atoms with E-state index in [4.69, 9.17) is 4.74 Å². The Kier molecular flexibility index (Phi) is 6.07. The van der Waals surface area contributed by atoms with Crippen LogP contribution in [0.3, 0.4) is 0 Å². The predicted octanol–water partition coefficient (Wildman–Crippen LogP) is 2.82. The van der Waals surface area contributed by atoms with Crippen LogP contribution in [0.2, 0.25) is 0 Å². The third-order valence-corrected chi connectivity index (χ3v) is 4.82. The highest BCUT2D eigenvalue weighted by molar-refractivity contribution is 5.83. The van der Waals surface area contributed by atoms with Gasteiger partial charge in [0.05, 0.1) is 0 Å². The largest absolute Gasteiger partial charge is 0.491 e. The summed E-state index contributed by atoms with van der Waals surface area (Å²) in [4.78, 5) is 2.30. The lowest BCUT2D eigenvalue weighted by atomic mass is 9.99. The van der Waals surface area contributed by atoms with Crippen molar-refractivity contribution in [3.8, 4) is 5.75 Å². The quantitative estimate of drug-likeness (QED) is 0.820. The number of hydrogen-bond acceptors (Lipinski definition) is 4. The van der Waals surface area contributed by atoms with Crippen molar-refractivity contribution in [2.45, 2.75) is 37.8 Å². The zero-order valence-electron chi connectivity index (χ0n) is 14.1. The molecule has 2 aromatic rings. The van der Waals surface area contributed by atoms with Gasteiger partial charge in [0.25, 0.3) is 0 Å². The van der Waals surface area contributed by atoms with Gasteiger partial charge in [-0.25, -0.2) is 0 Å². The topological polar surface area (TPSA) is 52.9 Å². The van der Waals surface area contributed by atoms with E-state index in [1.165, 1.54) is 18.2 Å². The van der Waals surface area contributed by atoms with Crippen LogP contribution in [0.1, 0.15) is 25.7 Å². The summed E-state index contributed by atoms with van der Waals surface area (Å²) in [5.74, 6) is 0.790. The van der Waals surface area contributed by atoms with Crippen LogP contribution in [-0.4, -0.2) is 53.6 Å². The first-order valence-electron chi connectivity index (χ1n) is 8.91. The third kappa shape index (κ3) is 4.47. The fraction of sp³-hybridized carbons (Fsp3) is 0.500. The number of benzene rings is 2. The van der Waals surface area contributed by atoms with E-state index in [9.17, 15) is 10.2 Å². The summed E-state index contributed by atoms with van der Waals surface area (Å²) < 4.78 is 5.79. The molecular weight excluding hydrogens is 302 g/mol. The van der Waals surface area contributed by atoms with Crippen LogP contribution in [0.5, 0.6) is 5.75 Å². The lowest BCUT2D eigenvalue weighted by Gasteiger charge is -2.36. The molecule has 4 nitrogen and oxygen atoms in total. The fourth-order valence-electron chi connectivity index (χ4n) is 3.55. The molecule has 0 saturated carbocycles. The maximum absolute atomic E-state index is 10.3. The summed E-state index contributed by atoms with van der Waals surface area (Å²) in [5.41, 5.74) is 0. The van der Waals surface area contributed by atoms with E-state index in [0.717, 1.165) is 30.5 Å². The fourth-order valence-corrected chi connectivity index (χ4v) is 3.55. The number of piperidine rings is 1. The summed E-state index contributed by atoms with van der Waals surface area (Å²) in [6.07, 6.45) is 3.76. The molecule has 1 saturated heterocycles. The van der Waals surface area contributed by atoms with Crippen LogP contribution in [0.4, 0.5) is 0 Å². The number of rotatable bonds is 7. The van der Waals surface area contributed by atoms with Crippen LogP contribution in [0.15, 0.2) is 42.5 Å². The highest BCUT2D eigenvalue weighted by atomic mass is 16.5. The van der Waals surface area contributed by atoms with Gasteiger partial charge in [-0.3, -0.25) is 4.90 Å². The minimum absolute atomic E-state index is 0.213. The molecule has 1 heterocycles. The van der Waals surface area contributed by atoms with Crippen molar-refractivity contribution < 1.29 is 14.9 Å². The van der Waals surface area contributed by atoms with E-state index >= 15 is 0 Å². The number of hydrogen-bond donors (Lipinski definition) is 2. The molecule has 0 aliphatic carbocycles. The molecule has 1 aliphatic heterocycles. The van der Waals surface area contributed by atoms with Crippen LogP contribution in [-0.2, 0) is 0 Å². The van der Waals surface area contributed by atoms with Gasteiger partial charge in [0.2, 0.25) is 0 Å². The maximum Gasteiger partial charge on any atom is 0.120 e. The molecule has 1 fully saturated rings. The zero-order chi connectivity index (χ0) is 16.8. The van der Waals surface area contributed by atoms with E-state index in [-0.39, 0.29) is 6.61 Å². The SMILES string of the molecule is OCCC1CCCCN1CC(O)COc1ccc2ccccc2c1. The van der Waals surface area contributed by atoms with Crippen molar-refractivity contribution in [3.63, 3.8) is 0 Å². The molecule has 24 heavy (non-hydrogen) atoms.